The number of aromatic amines is 1. The fourth-order valence-corrected chi connectivity index (χ4v) is 5.36. The maximum absolute atomic E-state index is 12.3. The molecule has 5 rings (SSSR count). The highest BCUT2D eigenvalue weighted by Gasteiger charge is 2.12. The Bertz CT molecular complexity index is 1480. The quantitative estimate of drug-likeness (QED) is 0.314. The number of fused-ring (bicyclic) bond motifs is 2. The number of aryl methyl sites for hydroxylation is 1. The Kier molecular flexibility index (Phi) is 5.93. The summed E-state index contributed by atoms with van der Waals surface area (Å²) in [7, 11) is 0. The molecule has 2 N–H and O–H groups in total. The lowest BCUT2D eigenvalue weighted by atomic mass is 10.2. The molecule has 0 saturated heterocycles. The molecular formula is C23H20N6O2S2. The lowest BCUT2D eigenvalue weighted by Gasteiger charge is -2.11. The van der Waals surface area contributed by atoms with Gasteiger partial charge >= 0.3 is 0 Å². The average molecular weight is 477 g/mol. The van der Waals surface area contributed by atoms with E-state index in [1.165, 1.54) is 6.07 Å². The van der Waals surface area contributed by atoms with Crippen LogP contribution in [0.2, 0.25) is 0 Å². The number of ether oxygens (including phenoxy) is 1. The Morgan fingerprint density at radius 2 is 1.97 bits per heavy atom. The van der Waals surface area contributed by atoms with Crippen molar-refractivity contribution in [2.45, 2.75) is 23.9 Å². The van der Waals surface area contributed by atoms with Gasteiger partial charge in [-0.1, -0.05) is 36.0 Å². The normalized spacial score (nSPS) is 11.2. The van der Waals surface area contributed by atoms with E-state index in [1.54, 1.807) is 23.1 Å². The molecule has 166 valence electrons. The van der Waals surface area contributed by atoms with Gasteiger partial charge in [-0.15, -0.1) is 11.3 Å². The highest BCUT2D eigenvalue weighted by Crippen LogP contribution is 2.31. The van der Waals surface area contributed by atoms with Crippen LogP contribution in [0, 0.1) is 6.92 Å². The summed E-state index contributed by atoms with van der Waals surface area (Å²) in [5.41, 5.74) is 2.87. The number of hydrogen-bond donors (Lipinski definition) is 2. The van der Waals surface area contributed by atoms with E-state index in [0.717, 1.165) is 25.6 Å². The van der Waals surface area contributed by atoms with Crippen molar-refractivity contribution < 1.29 is 4.74 Å². The number of nitrogens with zero attached hydrogens (tertiary/aromatic N) is 4. The van der Waals surface area contributed by atoms with Crippen molar-refractivity contribution in [3.8, 4) is 5.75 Å². The molecular weight excluding hydrogens is 456 g/mol. The van der Waals surface area contributed by atoms with Gasteiger partial charge in [0.15, 0.2) is 4.34 Å². The van der Waals surface area contributed by atoms with E-state index in [0.29, 0.717) is 35.3 Å². The second-order valence-electron chi connectivity index (χ2n) is 7.16. The standard InChI is InChI=1S/C23H20N6O2S2/c1-3-31-17-9-6-7-15-13(2)24-21(28-20(15)17)29-22-25-14(11-19(30)27-22)12-32-23-26-16-8-4-5-10-18(16)33-23/h4-11H,3,12H2,1-2H3,(H2,24,25,27,28,29,30). The second-order valence-corrected chi connectivity index (χ2v) is 9.42. The van der Waals surface area contributed by atoms with Crippen molar-refractivity contribution >= 4 is 56.1 Å². The van der Waals surface area contributed by atoms with E-state index < -0.39 is 0 Å². The van der Waals surface area contributed by atoms with E-state index in [4.69, 9.17) is 4.74 Å². The maximum Gasteiger partial charge on any atom is 0.252 e. The minimum atomic E-state index is -0.250. The summed E-state index contributed by atoms with van der Waals surface area (Å²) in [6, 6.07) is 15.3. The zero-order chi connectivity index (χ0) is 22.8. The molecule has 0 aliphatic rings. The molecule has 5 aromatic rings. The molecule has 0 bridgehead atoms. The maximum atomic E-state index is 12.3. The highest BCUT2D eigenvalue weighted by atomic mass is 32.2. The first kappa shape index (κ1) is 21.4. The van der Waals surface area contributed by atoms with Gasteiger partial charge in [0.05, 0.1) is 28.2 Å². The van der Waals surface area contributed by atoms with Crippen molar-refractivity contribution in [3.05, 3.63) is 70.3 Å². The van der Waals surface area contributed by atoms with Gasteiger partial charge < -0.3 is 4.74 Å². The molecule has 10 heteroatoms. The van der Waals surface area contributed by atoms with Gasteiger partial charge in [0, 0.05) is 17.2 Å². The Morgan fingerprint density at radius 1 is 1.09 bits per heavy atom. The van der Waals surface area contributed by atoms with Crippen LogP contribution in [-0.4, -0.2) is 31.5 Å². The fourth-order valence-electron chi connectivity index (χ4n) is 3.40. The van der Waals surface area contributed by atoms with Crippen LogP contribution in [0.5, 0.6) is 5.75 Å². The number of aromatic nitrogens is 5. The molecule has 0 aliphatic heterocycles. The summed E-state index contributed by atoms with van der Waals surface area (Å²) < 4.78 is 7.78. The third kappa shape index (κ3) is 4.67. The Hall–Kier alpha value is -3.50. The lowest BCUT2D eigenvalue weighted by molar-refractivity contribution is 0.343. The molecule has 0 saturated carbocycles. The molecule has 0 atom stereocenters. The minimum absolute atomic E-state index is 0.250. The topological polar surface area (TPSA) is 106 Å². The zero-order valence-corrected chi connectivity index (χ0v) is 19.6. The number of hydrogen-bond acceptors (Lipinski definition) is 9. The third-order valence-electron chi connectivity index (χ3n) is 4.82. The number of rotatable bonds is 7. The number of thioether (sulfide) groups is 1. The molecule has 0 spiro atoms. The summed E-state index contributed by atoms with van der Waals surface area (Å²) in [6.07, 6.45) is 0. The summed E-state index contributed by atoms with van der Waals surface area (Å²) in [4.78, 5) is 33.3. The zero-order valence-electron chi connectivity index (χ0n) is 18.0. The summed E-state index contributed by atoms with van der Waals surface area (Å²) in [5, 5.41) is 3.95. The van der Waals surface area contributed by atoms with Crippen molar-refractivity contribution in [2.24, 2.45) is 0 Å². The monoisotopic (exact) mass is 476 g/mol. The number of H-pyrrole nitrogens is 1. The van der Waals surface area contributed by atoms with Crippen LogP contribution >= 0.6 is 23.1 Å². The highest BCUT2D eigenvalue weighted by molar-refractivity contribution is 8.00. The first-order valence-corrected chi connectivity index (χ1v) is 12.1. The van der Waals surface area contributed by atoms with Crippen LogP contribution in [-0.2, 0) is 5.75 Å². The van der Waals surface area contributed by atoms with E-state index >= 15 is 0 Å². The van der Waals surface area contributed by atoms with Gasteiger partial charge in [-0.05, 0) is 32.0 Å². The average Bonchev–Trinajstić information content (AvgIpc) is 3.21. The molecule has 0 amide bonds. The van der Waals surface area contributed by atoms with Crippen LogP contribution in [0.15, 0.2) is 57.7 Å². The first-order chi connectivity index (χ1) is 16.1. The molecule has 0 radical (unpaired) electrons. The molecule has 33 heavy (non-hydrogen) atoms. The number of anilines is 2. The predicted molar refractivity (Wildman–Crippen MR) is 133 cm³/mol. The third-order valence-corrected chi connectivity index (χ3v) is 7.04. The van der Waals surface area contributed by atoms with Gasteiger partial charge in [-0.3, -0.25) is 15.1 Å². The van der Waals surface area contributed by atoms with E-state index in [-0.39, 0.29) is 11.5 Å². The van der Waals surface area contributed by atoms with Crippen molar-refractivity contribution in [3.63, 3.8) is 0 Å². The van der Waals surface area contributed by atoms with Gasteiger partial charge in [-0.25, -0.2) is 19.9 Å². The SMILES string of the molecule is CCOc1cccc2c(C)nc(Nc3nc(CSc4nc5ccccc5s4)cc(=O)[nH]3)nc12. The lowest BCUT2D eigenvalue weighted by Crippen LogP contribution is -2.13. The number of nitrogens with one attached hydrogen (secondary N) is 2. The van der Waals surface area contributed by atoms with Crippen LogP contribution in [0.25, 0.3) is 21.1 Å². The summed E-state index contributed by atoms with van der Waals surface area (Å²) in [6.45, 7) is 4.37. The molecule has 3 aromatic heterocycles. The Labute approximate surface area is 197 Å². The number of para-hydroxylation sites is 2. The largest absolute Gasteiger partial charge is 0.492 e. The van der Waals surface area contributed by atoms with Crippen LogP contribution in [0.1, 0.15) is 18.3 Å². The van der Waals surface area contributed by atoms with Crippen molar-refractivity contribution in [1.29, 1.82) is 0 Å². The van der Waals surface area contributed by atoms with Gasteiger partial charge in [0.1, 0.15) is 11.3 Å². The van der Waals surface area contributed by atoms with Gasteiger partial charge in [0.25, 0.3) is 5.56 Å². The number of thiazole rings is 1. The van der Waals surface area contributed by atoms with E-state index in [2.05, 4.69) is 30.2 Å². The van der Waals surface area contributed by atoms with Crippen LogP contribution in [0.3, 0.4) is 0 Å². The number of benzene rings is 2. The van der Waals surface area contributed by atoms with Crippen molar-refractivity contribution in [1.82, 2.24) is 24.9 Å². The molecule has 0 unspecified atom stereocenters. The van der Waals surface area contributed by atoms with Crippen molar-refractivity contribution in [2.75, 3.05) is 11.9 Å². The predicted octanol–water partition coefficient (Wildman–Crippen LogP) is 5.07. The summed E-state index contributed by atoms with van der Waals surface area (Å²) in [5.74, 6) is 1.83. The molecule has 0 fully saturated rings. The Morgan fingerprint density at radius 3 is 2.82 bits per heavy atom. The van der Waals surface area contributed by atoms with Crippen LogP contribution in [0.4, 0.5) is 11.9 Å². The second kappa shape index (κ2) is 9.16. The van der Waals surface area contributed by atoms with E-state index in [9.17, 15) is 4.79 Å². The summed E-state index contributed by atoms with van der Waals surface area (Å²) >= 11 is 3.18. The molecule has 3 heterocycles. The van der Waals surface area contributed by atoms with Crippen LogP contribution < -0.4 is 15.6 Å². The molecule has 8 nitrogen and oxygen atoms in total. The minimum Gasteiger partial charge on any atom is -0.492 e. The van der Waals surface area contributed by atoms with E-state index in [1.807, 2.05) is 56.3 Å². The van der Waals surface area contributed by atoms with Gasteiger partial charge in [-0.2, -0.15) is 0 Å². The smallest absolute Gasteiger partial charge is 0.252 e. The molecule has 2 aromatic carbocycles. The van der Waals surface area contributed by atoms with Gasteiger partial charge in [0.2, 0.25) is 11.9 Å². The fraction of sp³-hybridized carbons (Fsp3) is 0.174. The first-order valence-electron chi connectivity index (χ1n) is 10.3. The molecule has 0 aliphatic carbocycles. The Balaban J connectivity index is 1.39.